The van der Waals surface area contributed by atoms with E-state index in [-0.39, 0.29) is 0 Å². The number of aliphatic imine (C=N–C) groups is 1. The van der Waals surface area contributed by atoms with Crippen LogP contribution in [0, 0.1) is 0 Å². The molecule has 1 atom stereocenters. The molecule has 1 rings (SSSR count). The first-order valence-electron chi connectivity index (χ1n) is 3.08. The summed E-state index contributed by atoms with van der Waals surface area (Å²) in [4.78, 5) is 4.14. The van der Waals surface area contributed by atoms with Gasteiger partial charge in [0.2, 0.25) is 0 Å². The highest BCUT2D eigenvalue weighted by molar-refractivity contribution is 7.81. The summed E-state index contributed by atoms with van der Waals surface area (Å²) in [5.74, 6) is 0.848. The maximum atomic E-state index is 4.96. The first-order valence-corrected chi connectivity index (χ1v) is 3.60. The van der Waals surface area contributed by atoms with Crippen LogP contribution in [0.3, 0.4) is 0 Å². The average Bonchev–Trinajstić information content (AvgIpc) is 1.88. The van der Waals surface area contributed by atoms with E-state index in [0.29, 0.717) is 5.25 Å². The molecule has 1 aliphatic heterocycles. The van der Waals surface area contributed by atoms with Crippen LogP contribution < -0.4 is 0 Å². The highest BCUT2D eigenvalue weighted by Crippen LogP contribution is 2.12. The summed E-state index contributed by atoms with van der Waals surface area (Å²) in [7, 11) is 1.66. The minimum Gasteiger partial charge on any atom is -0.484 e. The topological polar surface area (TPSA) is 21.6 Å². The Hall–Kier alpha value is -0.180. The minimum absolute atomic E-state index is 0.456. The van der Waals surface area contributed by atoms with Crippen molar-refractivity contribution < 1.29 is 4.74 Å². The van der Waals surface area contributed by atoms with Gasteiger partial charge in [0, 0.05) is 18.2 Å². The zero-order chi connectivity index (χ0) is 6.69. The molecule has 9 heavy (non-hydrogen) atoms. The third kappa shape index (κ3) is 1.90. The highest BCUT2D eigenvalue weighted by atomic mass is 32.1. The normalized spacial score (nSPS) is 27.3. The molecule has 0 aromatic heterocycles. The molecular weight excluding hydrogens is 134 g/mol. The van der Waals surface area contributed by atoms with Crippen molar-refractivity contribution in [3.05, 3.63) is 0 Å². The largest absolute Gasteiger partial charge is 0.484 e. The third-order valence-corrected chi connectivity index (χ3v) is 1.84. The Bertz CT molecular complexity index is 124. The van der Waals surface area contributed by atoms with E-state index in [0.717, 1.165) is 25.3 Å². The summed E-state index contributed by atoms with van der Waals surface area (Å²) in [5.41, 5.74) is 0. The van der Waals surface area contributed by atoms with Gasteiger partial charge in [-0.1, -0.05) is 0 Å². The van der Waals surface area contributed by atoms with E-state index < -0.39 is 0 Å². The van der Waals surface area contributed by atoms with Gasteiger partial charge in [-0.05, 0) is 6.42 Å². The summed E-state index contributed by atoms with van der Waals surface area (Å²) in [6.07, 6.45) is 1.97. The minimum atomic E-state index is 0.456. The second kappa shape index (κ2) is 3.11. The van der Waals surface area contributed by atoms with E-state index in [4.69, 9.17) is 4.74 Å². The number of ether oxygens (including phenoxy) is 1. The molecule has 0 fully saturated rings. The number of rotatable bonds is 0. The predicted octanol–water partition coefficient (Wildman–Crippen LogP) is 1.12. The quantitative estimate of drug-likeness (QED) is 0.507. The van der Waals surface area contributed by atoms with Crippen molar-refractivity contribution in [1.82, 2.24) is 0 Å². The van der Waals surface area contributed by atoms with Crippen LogP contribution in [-0.2, 0) is 4.74 Å². The molecule has 2 nitrogen and oxygen atoms in total. The number of hydrogen-bond acceptors (Lipinski definition) is 3. The lowest BCUT2D eigenvalue weighted by molar-refractivity contribution is 0.380. The van der Waals surface area contributed by atoms with Gasteiger partial charge in [-0.3, -0.25) is 4.99 Å². The molecular formula is C6H11NOS. The maximum absolute atomic E-state index is 4.96. The van der Waals surface area contributed by atoms with Gasteiger partial charge in [0.1, 0.15) is 0 Å². The summed E-state index contributed by atoms with van der Waals surface area (Å²) >= 11 is 4.31. The second-order valence-corrected chi connectivity index (χ2v) is 2.86. The molecule has 0 spiro atoms. The molecule has 1 heterocycles. The van der Waals surface area contributed by atoms with Gasteiger partial charge in [0.25, 0.3) is 0 Å². The first kappa shape index (κ1) is 6.93. The maximum Gasteiger partial charge on any atom is 0.183 e. The molecule has 0 radical (unpaired) electrons. The van der Waals surface area contributed by atoms with Gasteiger partial charge in [0.15, 0.2) is 5.90 Å². The van der Waals surface area contributed by atoms with E-state index in [1.165, 1.54) is 0 Å². The SMILES string of the molecule is COC1=NCCC(S)C1. The van der Waals surface area contributed by atoms with Crippen molar-refractivity contribution in [1.29, 1.82) is 0 Å². The molecule has 3 heteroatoms. The molecule has 52 valence electrons. The van der Waals surface area contributed by atoms with E-state index in [1.54, 1.807) is 7.11 Å². The summed E-state index contributed by atoms with van der Waals surface area (Å²) in [6.45, 7) is 0.872. The van der Waals surface area contributed by atoms with Crippen LogP contribution in [0.4, 0.5) is 0 Å². The van der Waals surface area contributed by atoms with Gasteiger partial charge in [0.05, 0.1) is 7.11 Å². The van der Waals surface area contributed by atoms with Crippen LogP contribution >= 0.6 is 12.6 Å². The van der Waals surface area contributed by atoms with Crippen LogP contribution in [0.5, 0.6) is 0 Å². The zero-order valence-corrected chi connectivity index (χ0v) is 6.40. The lowest BCUT2D eigenvalue weighted by Crippen LogP contribution is -2.17. The average molecular weight is 145 g/mol. The fraction of sp³-hybridized carbons (Fsp3) is 0.833. The van der Waals surface area contributed by atoms with Crippen molar-refractivity contribution in [3.8, 4) is 0 Å². The fourth-order valence-electron chi connectivity index (χ4n) is 0.854. The van der Waals surface area contributed by atoms with Gasteiger partial charge >= 0.3 is 0 Å². The van der Waals surface area contributed by atoms with Crippen molar-refractivity contribution in [2.45, 2.75) is 18.1 Å². The number of hydrogen-bond donors (Lipinski definition) is 1. The van der Waals surface area contributed by atoms with Crippen molar-refractivity contribution >= 4 is 18.5 Å². The Morgan fingerprint density at radius 2 is 2.56 bits per heavy atom. The van der Waals surface area contributed by atoms with Gasteiger partial charge in [-0.25, -0.2) is 0 Å². The molecule has 0 N–H and O–H groups in total. The summed E-state index contributed by atoms with van der Waals surface area (Å²) < 4.78 is 4.96. The number of methoxy groups -OCH3 is 1. The van der Waals surface area contributed by atoms with E-state index in [1.807, 2.05) is 0 Å². The Kier molecular flexibility index (Phi) is 2.39. The summed E-state index contributed by atoms with van der Waals surface area (Å²) in [5, 5.41) is 0.456. The molecule has 0 saturated heterocycles. The monoisotopic (exact) mass is 145 g/mol. The van der Waals surface area contributed by atoms with Crippen LogP contribution in [0.15, 0.2) is 4.99 Å². The van der Waals surface area contributed by atoms with Gasteiger partial charge < -0.3 is 4.74 Å². The standard InChI is InChI=1S/C6H11NOS/c1-8-6-4-5(9)2-3-7-6/h5,9H,2-4H2,1H3. The predicted molar refractivity (Wildman–Crippen MR) is 41.3 cm³/mol. The van der Waals surface area contributed by atoms with Crippen LogP contribution in [0.2, 0.25) is 0 Å². The molecule has 0 aliphatic carbocycles. The molecule has 0 aromatic carbocycles. The van der Waals surface area contributed by atoms with Gasteiger partial charge in [-0.15, -0.1) is 0 Å². The first-order chi connectivity index (χ1) is 4.33. The molecule has 0 aromatic rings. The van der Waals surface area contributed by atoms with E-state index in [9.17, 15) is 0 Å². The second-order valence-electron chi connectivity index (χ2n) is 2.13. The third-order valence-electron chi connectivity index (χ3n) is 1.40. The Balaban J connectivity index is 2.43. The van der Waals surface area contributed by atoms with E-state index in [2.05, 4.69) is 17.6 Å². The molecule has 0 saturated carbocycles. The van der Waals surface area contributed by atoms with E-state index >= 15 is 0 Å². The number of nitrogens with zero attached hydrogens (tertiary/aromatic N) is 1. The molecule has 0 amide bonds. The highest BCUT2D eigenvalue weighted by Gasteiger charge is 2.12. The Morgan fingerprint density at radius 1 is 1.78 bits per heavy atom. The molecule has 1 unspecified atom stereocenters. The summed E-state index contributed by atoms with van der Waals surface area (Å²) in [6, 6.07) is 0. The van der Waals surface area contributed by atoms with Crippen LogP contribution in [0.25, 0.3) is 0 Å². The fourth-order valence-corrected chi connectivity index (χ4v) is 1.13. The lowest BCUT2D eigenvalue weighted by atomic mass is 10.2. The van der Waals surface area contributed by atoms with Crippen molar-refractivity contribution in [2.75, 3.05) is 13.7 Å². The van der Waals surface area contributed by atoms with Crippen LogP contribution in [-0.4, -0.2) is 24.8 Å². The molecule has 1 aliphatic rings. The van der Waals surface area contributed by atoms with Gasteiger partial charge in [-0.2, -0.15) is 12.6 Å². The molecule has 0 bridgehead atoms. The smallest absolute Gasteiger partial charge is 0.183 e. The van der Waals surface area contributed by atoms with Crippen molar-refractivity contribution in [2.24, 2.45) is 4.99 Å². The number of thiol groups is 1. The Labute approximate surface area is 60.7 Å². The Morgan fingerprint density at radius 3 is 3.00 bits per heavy atom. The van der Waals surface area contributed by atoms with Crippen LogP contribution in [0.1, 0.15) is 12.8 Å². The zero-order valence-electron chi connectivity index (χ0n) is 5.50. The lowest BCUT2D eigenvalue weighted by Gasteiger charge is -2.15. The van der Waals surface area contributed by atoms with Crippen molar-refractivity contribution in [3.63, 3.8) is 0 Å².